The van der Waals surface area contributed by atoms with Gasteiger partial charge < -0.3 is 5.11 Å². The van der Waals surface area contributed by atoms with Crippen molar-refractivity contribution in [2.45, 2.75) is 19.2 Å². The van der Waals surface area contributed by atoms with Gasteiger partial charge in [0, 0.05) is 4.90 Å². The van der Waals surface area contributed by atoms with Crippen molar-refractivity contribution in [1.29, 1.82) is 0 Å². The summed E-state index contributed by atoms with van der Waals surface area (Å²) >= 11 is 4.00. The first kappa shape index (κ1) is 11.0. The number of rotatable bonds is 1. The second-order valence-corrected chi connectivity index (χ2v) is 2.81. The third-order valence-electron chi connectivity index (χ3n) is 1.38. The molecule has 1 N–H and O–H groups in total. The van der Waals surface area contributed by atoms with Crippen molar-refractivity contribution in [3.8, 4) is 0 Å². The topological polar surface area (TPSA) is 37.3 Å². The molecule has 0 radical (unpaired) electrons. The van der Waals surface area contributed by atoms with Crippen molar-refractivity contribution in [2.75, 3.05) is 0 Å². The molecule has 1 aromatic rings. The van der Waals surface area contributed by atoms with Crippen molar-refractivity contribution in [3.63, 3.8) is 0 Å². The van der Waals surface area contributed by atoms with E-state index in [1.165, 1.54) is 0 Å². The highest BCUT2D eigenvalue weighted by Crippen LogP contribution is 2.14. The van der Waals surface area contributed by atoms with E-state index >= 15 is 0 Å². The van der Waals surface area contributed by atoms with Crippen LogP contribution in [0.5, 0.6) is 0 Å². The summed E-state index contributed by atoms with van der Waals surface area (Å²) in [6, 6.07) is 5.11. The Bertz CT molecular complexity index is 295. The Kier molecular flexibility index (Phi) is 3.83. The van der Waals surface area contributed by atoms with Crippen LogP contribution in [-0.4, -0.2) is 11.1 Å². The summed E-state index contributed by atoms with van der Waals surface area (Å²) in [7, 11) is 0. The highest BCUT2D eigenvalue weighted by Gasteiger charge is 2.05. The van der Waals surface area contributed by atoms with E-state index < -0.39 is 5.97 Å². The van der Waals surface area contributed by atoms with Gasteiger partial charge in [0.1, 0.15) is 0 Å². The number of carbonyl (C=O) groups is 1. The van der Waals surface area contributed by atoms with Gasteiger partial charge >= 0.3 is 5.97 Å². The molecule has 0 aliphatic heterocycles. The highest BCUT2D eigenvalue weighted by molar-refractivity contribution is 7.80. The molecule has 1 rings (SSSR count). The fourth-order valence-corrected chi connectivity index (χ4v) is 1.06. The molecular weight excluding hydrogens is 172 g/mol. The molecule has 0 heterocycles. The maximum Gasteiger partial charge on any atom is 0.336 e. The van der Waals surface area contributed by atoms with E-state index in [1.54, 1.807) is 12.1 Å². The van der Waals surface area contributed by atoms with E-state index in [0.717, 1.165) is 5.56 Å². The number of hydrogen-bond acceptors (Lipinski definition) is 2. The summed E-state index contributed by atoms with van der Waals surface area (Å²) in [5, 5.41) is 8.64. The predicted molar refractivity (Wildman–Crippen MR) is 52.1 cm³/mol. The SMILES string of the molecule is C.Cc1ccc(S)c(C(=O)O)c1. The zero-order chi connectivity index (χ0) is 8.43. The molecule has 0 aliphatic carbocycles. The van der Waals surface area contributed by atoms with E-state index in [0.29, 0.717) is 4.90 Å². The van der Waals surface area contributed by atoms with Crippen LogP contribution in [0, 0.1) is 6.92 Å². The largest absolute Gasteiger partial charge is 0.478 e. The second-order valence-electron chi connectivity index (χ2n) is 2.33. The first-order chi connectivity index (χ1) is 5.11. The lowest BCUT2D eigenvalue weighted by atomic mass is 10.1. The second kappa shape index (κ2) is 4.16. The Balaban J connectivity index is 0.00000121. The number of hydrogen-bond donors (Lipinski definition) is 2. The Morgan fingerprint density at radius 2 is 2.08 bits per heavy atom. The average molecular weight is 184 g/mol. The number of thiol groups is 1. The molecule has 1 aromatic carbocycles. The number of benzene rings is 1. The predicted octanol–water partition coefficient (Wildman–Crippen LogP) is 2.62. The average Bonchev–Trinajstić information content (AvgIpc) is 1.94. The van der Waals surface area contributed by atoms with Crippen molar-refractivity contribution >= 4 is 18.6 Å². The maximum absolute atomic E-state index is 10.5. The van der Waals surface area contributed by atoms with Crippen LogP contribution in [0.2, 0.25) is 0 Å². The van der Waals surface area contributed by atoms with Gasteiger partial charge in [0.25, 0.3) is 0 Å². The Hall–Kier alpha value is -0.960. The first-order valence-corrected chi connectivity index (χ1v) is 3.59. The van der Waals surface area contributed by atoms with Crippen LogP contribution in [0.25, 0.3) is 0 Å². The lowest BCUT2D eigenvalue weighted by Gasteiger charge is -1.99. The molecule has 0 saturated carbocycles. The van der Waals surface area contributed by atoms with Gasteiger partial charge in [-0.2, -0.15) is 0 Å². The normalized spacial score (nSPS) is 8.83. The van der Waals surface area contributed by atoms with Gasteiger partial charge in [-0.3, -0.25) is 0 Å². The van der Waals surface area contributed by atoms with Crippen LogP contribution in [-0.2, 0) is 0 Å². The third-order valence-corrected chi connectivity index (χ3v) is 1.77. The number of carboxylic acids is 1. The highest BCUT2D eigenvalue weighted by atomic mass is 32.1. The monoisotopic (exact) mass is 184 g/mol. The van der Waals surface area contributed by atoms with E-state index in [1.807, 2.05) is 13.0 Å². The van der Waals surface area contributed by atoms with Crippen LogP contribution in [0.3, 0.4) is 0 Å². The van der Waals surface area contributed by atoms with E-state index in [2.05, 4.69) is 12.6 Å². The van der Waals surface area contributed by atoms with Gasteiger partial charge in [0.2, 0.25) is 0 Å². The molecular formula is C9H12O2S. The molecule has 0 fully saturated rings. The fraction of sp³-hybridized carbons (Fsp3) is 0.222. The molecule has 0 atom stereocenters. The molecule has 0 amide bonds. The van der Waals surface area contributed by atoms with Gasteiger partial charge in [-0.1, -0.05) is 19.1 Å². The lowest BCUT2D eigenvalue weighted by Crippen LogP contribution is -1.97. The van der Waals surface area contributed by atoms with Crippen molar-refractivity contribution in [1.82, 2.24) is 0 Å². The fourth-order valence-electron chi connectivity index (χ4n) is 0.821. The number of aromatic carboxylic acids is 1. The summed E-state index contributed by atoms with van der Waals surface area (Å²) in [4.78, 5) is 11.0. The zero-order valence-electron chi connectivity index (χ0n) is 6.03. The third kappa shape index (κ3) is 2.27. The number of aryl methyl sites for hydroxylation is 1. The molecule has 0 unspecified atom stereocenters. The minimum atomic E-state index is -0.932. The Morgan fingerprint density at radius 1 is 1.50 bits per heavy atom. The van der Waals surface area contributed by atoms with Crippen molar-refractivity contribution in [2.24, 2.45) is 0 Å². The zero-order valence-corrected chi connectivity index (χ0v) is 6.93. The van der Waals surface area contributed by atoms with Crippen LogP contribution in [0.4, 0.5) is 0 Å². The van der Waals surface area contributed by atoms with E-state index in [9.17, 15) is 4.79 Å². The standard InChI is InChI=1S/C8H8O2S.CH4/c1-5-2-3-7(11)6(4-5)8(9)10;/h2-4,11H,1H3,(H,9,10);1H4. The molecule has 3 heteroatoms. The van der Waals surface area contributed by atoms with Crippen LogP contribution >= 0.6 is 12.6 Å². The van der Waals surface area contributed by atoms with Crippen LogP contribution in [0.1, 0.15) is 23.3 Å². The Labute approximate surface area is 77.6 Å². The summed E-state index contributed by atoms with van der Waals surface area (Å²) in [6.45, 7) is 1.85. The molecule has 66 valence electrons. The quantitative estimate of drug-likeness (QED) is 0.658. The van der Waals surface area contributed by atoms with E-state index in [4.69, 9.17) is 5.11 Å². The van der Waals surface area contributed by atoms with Crippen LogP contribution in [0.15, 0.2) is 23.1 Å². The van der Waals surface area contributed by atoms with Gasteiger partial charge in [0.15, 0.2) is 0 Å². The molecule has 0 bridgehead atoms. The van der Waals surface area contributed by atoms with Crippen molar-refractivity contribution < 1.29 is 9.90 Å². The smallest absolute Gasteiger partial charge is 0.336 e. The molecule has 2 nitrogen and oxygen atoms in total. The van der Waals surface area contributed by atoms with Crippen LogP contribution < -0.4 is 0 Å². The molecule has 0 spiro atoms. The molecule has 0 aliphatic rings. The lowest BCUT2D eigenvalue weighted by molar-refractivity contribution is 0.0693. The maximum atomic E-state index is 10.5. The van der Waals surface area contributed by atoms with Gasteiger partial charge in [-0.25, -0.2) is 4.79 Å². The minimum absolute atomic E-state index is 0. The van der Waals surface area contributed by atoms with Gasteiger partial charge in [-0.15, -0.1) is 12.6 Å². The van der Waals surface area contributed by atoms with E-state index in [-0.39, 0.29) is 13.0 Å². The summed E-state index contributed by atoms with van der Waals surface area (Å²) in [5.74, 6) is -0.932. The molecule has 0 aromatic heterocycles. The molecule has 12 heavy (non-hydrogen) atoms. The Morgan fingerprint density at radius 3 is 2.50 bits per heavy atom. The minimum Gasteiger partial charge on any atom is -0.478 e. The molecule has 0 saturated heterocycles. The first-order valence-electron chi connectivity index (χ1n) is 3.14. The summed E-state index contributed by atoms with van der Waals surface area (Å²) in [5.41, 5.74) is 1.19. The summed E-state index contributed by atoms with van der Waals surface area (Å²) < 4.78 is 0. The van der Waals surface area contributed by atoms with Crippen molar-refractivity contribution in [3.05, 3.63) is 29.3 Å². The van der Waals surface area contributed by atoms with Gasteiger partial charge in [0.05, 0.1) is 5.56 Å². The summed E-state index contributed by atoms with van der Waals surface area (Å²) in [6.07, 6.45) is 0. The number of carboxylic acid groups (broad SMARTS) is 1. The van der Waals surface area contributed by atoms with Gasteiger partial charge in [-0.05, 0) is 19.1 Å².